The molecular formula is C23H19F4N7O2. The second-order valence-corrected chi connectivity index (χ2v) is 8.53. The summed E-state index contributed by atoms with van der Waals surface area (Å²) in [7, 11) is 1.83. The maximum atomic E-state index is 14.7. The summed E-state index contributed by atoms with van der Waals surface area (Å²) in [5.41, 5.74) is -0.876. The molecule has 0 spiro atoms. The lowest BCUT2D eigenvalue weighted by Crippen LogP contribution is -2.28. The molecule has 1 saturated carbocycles. The molecule has 0 unspecified atom stereocenters. The van der Waals surface area contributed by atoms with Crippen molar-refractivity contribution in [2.24, 2.45) is 7.05 Å². The Bertz CT molecular complexity index is 1410. The molecule has 186 valence electrons. The van der Waals surface area contributed by atoms with Gasteiger partial charge >= 0.3 is 6.18 Å². The van der Waals surface area contributed by atoms with Gasteiger partial charge in [-0.2, -0.15) is 13.2 Å². The Hall–Kier alpha value is -4.29. The van der Waals surface area contributed by atoms with Crippen molar-refractivity contribution in [3.8, 4) is 11.1 Å². The van der Waals surface area contributed by atoms with Crippen molar-refractivity contribution >= 4 is 23.5 Å². The van der Waals surface area contributed by atoms with Crippen LogP contribution in [0.1, 0.15) is 24.2 Å². The van der Waals surface area contributed by atoms with E-state index < -0.39 is 23.3 Å². The van der Waals surface area contributed by atoms with Crippen LogP contribution in [-0.4, -0.2) is 36.8 Å². The van der Waals surface area contributed by atoms with Gasteiger partial charge in [-0.25, -0.2) is 19.3 Å². The third-order valence-corrected chi connectivity index (χ3v) is 5.88. The first kappa shape index (κ1) is 23.5. The summed E-state index contributed by atoms with van der Waals surface area (Å²) >= 11 is 0. The fourth-order valence-corrected chi connectivity index (χ4v) is 3.72. The Morgan fingerprint density at radius 3 is 2.47 bits per heavy atom. The van der Waals surface area contributed by atoms with E-state index in [-0.39, 0.29) is 36.4 Å². The van der Waals surface area contributed by atoms with Crippen molar-refractivity contribution in [2.75, 3.05) is 10.6 Å². The Kier molecular flexibility index (Phi) is 5.69. The number of hydrogen-bond acceptors (Lipinski definition) is 7. The predicted octanol–water partition coefficient (Wildman–Crippen LogP) is 4.52. The monoisotopic (exact) mass is 501 g/mol. The van der Waals surface area contributed by atoms with E-state index in [0.29, 0.717) is 22.9 Å². The number of alkyl halides is 3. The van der Waals surface area contributed by atoms with Gasteiger partial charge in [-0.3, -0.25) is 4.79 Å². The summed E-state index contributed by atoms with van der Waals surface area (Å²) in [6.45, 7) is 0. The number of nitrogens with one attached hydrogen (secondary N) is 2. The second kappa shape index (κ2) is 8.73. The molecule has 1 fully saturated rings. The first-order valence-corrected chi connectivity index (χ1v) is 10.8. The van der Waals surface area contributed by atoms with E-state index >= 15 is 0 Å². The number of carbonyl (C=O) groups excluding carboxylic acids is 1. The average molecular weight is 501 g/mol. The first-order chi connectivity index (χ1) is 17.1. The third kappa shape index (κ3) is 4.63. The molecule has 0 aliphatic heterocycles. The minimum atomic E-state index is -4.46. The standard InChI is InChI=1S/C23H19F4N7O2/c1-34-11-19(30-12-34)32-21-28-9-15(10-29-21)13-2-3-14(16(24)6-13)7-20(35)31-18-8-17(36-33-18)22(4-5-22)23(25,26)27/h2-3,6,8-12H,4-5,7H2,1H3,(H,28,29,32)(H,31,33,35). The quantitative estimate of drug-likeness (QED) is 0.358. The highest BCUT2D eigenvalue weighted by Gasteiger charge is 2.66. The first-order valence-electron chi connectivity index (χ1n) is 10.8. The maximum Gasteiger partial charge on any atom is 0.401 e. The predicted molar refractivity (Wildman–Crippen MR) is 120 cm³/mol. The lowest BCUT2D eigenvalue weighted by molar-refractivity contribution is -0.165. The number of halogens is 4. The van der Waals surface area contributed by atoms with Gasteiger partial charge < -0.3 is 19.7 Å². The summed E-state index contributed by atoms with van der Waals surface area (Å²) in [6, 6.07) is 5.37. The van der Waals surface area contributed by atoms with E-state index in [1.54, 1.807) is 23.2 Å². The number of imidazole rings is 1. The molecular weight excluding hydrogens is 482 g/mol. The fourth-order valence-electron chi connectivity index (χ4n) is 3.72. The summed E-state index contributed by atoms with van der Waals surface area (Å²) in [5, 5.41) is 8.80. The highest BCUT2D eigenvalue weighted by Crippen LogP contribution is 2.59. The molecule has 0 bridgehead atoms. The number of rotatable bonds is 7. The summed E-state index contributed by atoms with van der Waals surface area (Å²) in [6.07, 6.45) is 1.44. The topological polar surface area (TPSA) is 111 Å². The largest absolute Gasteiger partial charge is 0.401 e. The molecule has 36 heavy (non-hydrogen) atoms. The van der Waals surface area contributed by atoms with E-state index in [2.05, 4.69) is 30.7 Å². The molecule has 0 atom stereocenters. The lowest BCUT2D eigenvalue weighted by atomic mass is 10.0. The van der Waals surface area contributed by atoms with Gasteiger partial charge in [-0.15, -0.1) is 0 Å². The molecule has 3 aromatic heterocycles. The molecule has 2 N–H and O–H groups in total. The normalized spacial score (nSPS) is 14.5. The van der Waals surface area contributed by atoms with Gasteiger partial charge in [0.15, 0.2) is 17.4 Å². The van der Waals surface area contributed by atoms with Crippen LogP contribution in [0.3, 0.4) is 0 Å². The SMILES string of the molecule is Cn1cnc(Nc2ncc(-c3ccc(CC(=O)Nc4cc(C5(C(F)(F)F)CC5)on4)c(F)c3)cn2)c1. The number of aromatic nitrogens is 5. The van der Waals surface area contributed by atoms with Crippen LogP contribution >= 0.6 is 0 Å². The van der Waals surface area contributed by atoms with Crippen LogP contribution < -0.4 is 10.6 Å². The Morgan fingerprint density at radius 1 is 1.11 bits per heavy atom. The summed E-state index contributed by atoms with van der Waals surface area (Å²) in [5.74, 6) is -0.874. The van der Waals surface area contributed by atoms with E-state index in [4.69, 9.17) is 4.52 Å². The number of benzene rings is 1. The fraction of sp³-hybridized carbons (Fsp3) is 0.261. The van der Waals surface area contributed by atoms with Gasteiger partial charge in [0, 0.05) is 37.3 Å². The third-order valence-electron chi connectivity index (χ3n) is 5.88. The van der Waals surface area contributed by atoms with E-state index in [9.17, 15) is 22.4 Å². The van der Waals surface area contributed by atoms with E-state index in [1.807, 2.05) is 7.05 Å². The van der Waals surface area contributed by atoms with Crippen LogP contribution in [-0.2, 0) is 23.7 Å². The molecule has 1 aromatic carbocycles. The van der Waals surface area contributed by atoms with Crippen LogP contribution in [0.5, 0.6) is 0 Å². The van der Waals surface area contributed by atoms with Crippen molar-refractivity contribution in [1.29, 1.82) is 0 Å². The lowest BCUT2D eigenvalue weighted by Gasteiger charge is -2.14. The highest BCUT2D eigenvalue weighted by atomic mass is 19.4. The molecule has 1 aliphatic rings. The van der Waals surface area contributed by atoms with Gasteiger partial charge in [-0.05, 0) is 30.0 Å². The van der Waals surface area contributed by atoms with Gasteiger partial charge in [-0.1, -0.05) is 17.3 Å². The molecule has 0 saturated heterocycles. The van der Waals surface area contributed by atoms with Crippen LogP contribution in [0, 0.1) is 5.82 Å². The minimum absolute atomic E-state index is 0.0921. The van der Waals surface area contributed by atoms with Gasteiger partial charge in [0.25, 0.3) is 0 Å². The minimum Gasteiger partial charge on any atom is -0.358 e. The van der Waals surface area contributed by atoms with Crippen molar-refractivity contribution < 1.29 is 26.9 Å². The number of hydrogen-bond donors (Lipinski definition) is 2. The van der Waals surface area contributed by atoms with Crippen LogP contribution in [0.15, 0.2) is 53.7 Å². The zero-order chi connectivity index (χ0) is 25.5. The smallest absolute Gasteiger partial charge is 0.358 e. The van der Waals surface area contributed by atoms with Crippen molar-refractivity contribution in [3.63, 3.8) is 0 Å². The molecule has 0 radical (unpaired) electrons. The summed E-state index contributed by atoms with van der Waals surface area (Å²) in [4.78, 5) is 24.9. The maximum absolute atomic E-state index is 14.7. The van der Waals surface area contributed by atoms with Gasteiger partial charge in [0.2, 0.25) is 11.9 Å². The average Bonchev–Trinajstić information content (AvgIpc) is 3.37. The van der Waals surface area contributed by atoms with Crippen LogP contribution in [0.4, 0.5) is 35.1 Å². The van der Waals surface area contributed by atoms with Gasteiger partial charge in [0.1, 0.15) is 11.2 Å². The number of amides is 1. The second-order valence-electron chi connectivity index (χ2n) is 8.53. The zero-order valence-electron chi connectivity index (χ0n) is 18.8. The molecule has 13 heteroatoms. The van der Waals surface area contributed by atoms with Gasteiger partial charge in [0.05, 0.1) is 12.7 Å². The van der Waals surface area contributed by atoms with Crippen LogP contribution in [0.2, 0.25) is 0 Å². The van der Waals surface area contributed by atoms with Crippen LogP contribution in [0.25, 0.3) is 11.1 Å². The molecule has 1 aliphatic carbocycles. The summed E-state index contributed by atoms with van der Waals surface area (Å²) < 4.78 is 60.9. The number of carbonyl (C=O) groups is 1. The zero-order valence-corrected chi connectivity index (χ0v) is 18.8. The Morgan fingerprint density at radius 2 is 1.86 bits per heavy atom. The van der Waals surface area contributed by atoms with Crippen molar-refractivity contribution in [1.82, 2.24) is 24.7 Å². The molecule has 5 rings (SSSR count). The molecule has 9 nitrogen and oxygen atoms in total. The molecule has 4 aromatic rings. The van der Waals surface area contributed by atoms with Crippen molar-refractivity contribution in [2.45, 2.75) is 30.9 Å². The highest BCUT2D eigenvalue weighted by molar-refractivity contribution is 5.91. The number of nitrogens with zero attached hydrogens (tertiary/aromatic N) is 5. The van der Waals surface area contributed by atoms with Crippen molar-refractivity contribution in [3.05, 3.63) is 66.3 Å². The molecule has 3 heterocycles. The molecule has 1 amide bonds. The number of anilines is 3. The Labute approximate surface area is 201 Å². The van der Waals surface area contributed by atoms with E-state index in [0.717, 1.165) is 6.07 Å². The Balaban J connectivity index is 1.22. The number of aryl methyl sites for hydroxylation is 1. The van der Waals surface area contributed by atoms with E-state index in [1.165, 1.54) is 24.5 Å².